The number of amides is 1. The molecule has 1 aromatic heterocycles. The normalized spacial score (nSPS) is 30.6. The number of rotatable bonds is 3. The molecule has 2 aliphatic carbocycles. The van der Waals surface area contributed by atoms with Gasteiger partial charge in [0.05, 0.1) is 9.77 Å². The molecule has 104 valence electrons. The molecule has 3 rings (SSSR count). The summed E-state index contributed by atoms with van der Waals surface area (Å²) < 4.78 is 2.57. The lowest BCUT2D eigenvalue weighted by Gasteiger charge is -2.28. The van der Waals surface area contributed by atoms with Crippen molar-refractivity contribution in [2.75, 3.05) is 0 Å². The highest BCUT2D eigenvalue weighted by atomic mass is 127. The molecular weight excluding hydrogens is 353 g/mol. The third-order valence-corrected chi connectivity index (χ3v) is 5.69. The van der Waals surface area contributed by atoms with Gasteiger partial charge in [-0.15, -0.1) is 0 Å². The van der Waals surface area contributed by atoms with Gasteiger partial charge in [-0.25, -0.2) is 0 Å². The number of aryl methyl sites for hydroxylation is 1. The highest BCUT2D eigenvalue weighted by Gasteiger charge is 2.42. The molecule has 2 saturated carbocycles. The van der Waals surface area contributed by atoms with Gasteiger partial charge in [0, 0.05) is 13.1 Å². The number of nitrogens with zero attached hydrogens (tertiary/aromatic N) is 2. The molecule has 1 amide bonds. The monoisotopic (exact) mass is 373 g/mol. The van der Waals surface area contributed by atoms with Crippen molar-refractivity contribution in [2.45, 2.75) is 38.6 Å². The van der Waals surface area contributed by atoms with Gasteiger partial charge in [-0.05, 0) is 66.5 Å². The smallest absolute Gasteiger partial charge is 0.270 e. The van der Waals surface area contributed by atoms with Crippen molar-refractivity contribution in [2.24, 2.45) is 24.8 Å². The summed E-state index contributed by atoms with van der Waals surface area (Å²) in [6.45, 7) is 2.16. The maximum Gasteiger partial charge on any atom is 0.270 e. The molecule has 0 saturated heterocycles. The van der Waals surface area contributed by atoms with E-state index in [-0.39, 0.29) is 11.9 Å². The van der Waals surface area contributed by atoms with Crippen molar-refractivity contribution in [1.29, 1.82) is 0 Å². The van der Waals surface area contributed by atoms with Crippen LogP contribution in [-0.4, -0.2) is 21.7 Å². The van der Waals surface area contributed by atoms with Gasteiger partial charge in [0.25, 0.3) is 5.91 Å². The first-order valence-electron chi connectivity index (χ1n) is 7.04. The fourth-order valence-electron chi connectivity index (χ4n) is 3.95. The average Bonchev–Trinajstić information content (AvgIpc) is 3.05. The molecule has 1 heterocycles. The quantitative estimate of drug-likeness (QED) is 0.828. The first-order chi connectivity index (χ1) is 9.06. The lowest BCUT2D eigenvalue weighted by Crippen LogP contribution is -2.41. The van der Waals surface area contributed by atoms with Crippen LogP contribution in [0.25, 0.3) is 0 Å². The molecule has 0 unspecified atom stereocenters. The summed E-state index contributed by atoms with van der Waals surface area (Å²) in [6.07, 6.45) is 7.18. The molecule has 0 aliphatic heterocycles. The van der Waals surface area contributed by atoms with Gasteiger partial charge in [0.2, 0.25) is 0 Å². The zero-order valence-electron chi connectivity index (χ0n) is 11.4. The van der Waals surface area contributed by atoms with Crippen LogP contribution < -0.4 is 5.32 Å². The summed E-state index contributed by atoms with van der Waals surface area (Å²) >= 11 is 2.17. The minimum atomic E-state index is 0.0136. The van der Waals surface area contributed by atoms with Crippen LogP contribution >= 0.6 is 22.6 Å². The van der Waals surface area contributed by atoms with E-state index >= 15 is 0 Å². The fourth-order valence-corrected chi connectivity index (χ4v) is 4.67. The molecule has 4 atom stereocenters. The Balaban J connectivity index is 1.67. The number of nitrogens with one attached hydrogen (secondary N) is 1. The summed E-state index contributed by atoms with van der Waals surface area (Å²) in [6, 6.07) is 0.272. The molecule has 2 fully saturated rings. The minimum absolute atomic E-state index is 0.0136. The van der Waals surface area contributed by atoms with Crippen molar-refractivity contribution >= 4 is 28.5 Å². The van der Waals surface area contributed by atoms with Crippen LogP contribution in [0.15, 0.2) is 6.20 Å². The Bertz CT molecular complexity index is 479. The van der Waals surface area contributed by atoms with Crippen LogP contribution in [0.3, 0.4) is 0 Å². The van der Waals surface area contributed by atoms with E-state index in [9.17, 15) is 4.79 Å². The van der Waals surface area contributed by atoms with E-state index in [2.05, 4.69) is 39.9 Å². The van der Waals surface area contributed by atoms with E-state index in [1.54, 1.807) is 10.9 Å². The van der Waals surface area contributed by atoms with Crippen molar-refractivity contribution in [3.63, 3.8) is 0 Å². The summed E-state index contributed by atoms with van der Waals surface area (Å²) in [5.41, 5.74) is 0.676. The predicted molar refractivity (Wildman–Crippen MR) is 81.8 cm³/mol. The molecule has 0 spiro atoms. The maximum absolute atomic E-state index is 12.3. The lowest BCUT2D eigenvalue weighted by molar-refractivity contribution is 0.0904. The Morgan fingerprint density at radius 2 is 2.32 bits per heavy atom. The number of hydrogen-bond acceptors (Lipinski definition) is 2. The van der Waals surface area contributed by atoms with Gasteiger partial charge in [-0.3, -0.25) is 9.48 Å². The zero-order valence-corrected chi connectivity index (χ0v) is 13.6. The van der Waals surface area contributed by atoms with E-state index in [0.29, 0.717) is 11.6 Å². The SMILES string of the molecule is C[C@H](NC(=O)c1c(I)cnn1C)[C@@H]1C[C@H]2CC[C@H]1C2. The molecule has 1 aromatic rings. The topological polar surface area (TPSA) is 46.9 Å². The second-order valence-corrected chi connectivity index (χ2v) is 7.23. The van der Waals surface area contributed by atoms with E-state index in [0.717, 1.165) is 15.4 Å². The third-order valence-electron chi connectivity index (χ3n) is 4.90. The Hall–Kier alpha value is -0.590. The number of hydrogen-bond donors (Lipinski definition) is 1. The van der Waals surface area contributed by atoms with Crippen LogP contribution in [-0.2, 0) is 7.05 Å². The molecule has 5 heteroatoms. The Kier molecular flexibility index (Phi) is 3.57. The largest absolute Gasteiger partial charge is 0.348 e. The highest BCUT2D eigenvalue weighted by Crippen LogP contribution is 2.49. The van der Waals surface area contributed by atoms with Gasteiger partial charge in [0.15, 0.2) is 0 Å². The summed E-state index contributed by atoms with van der Waals surface area (Å²) in [5.74, 6) is 2.45. The highest BCUT2D eigenvalue weighted by molar-refractivity contribution is 14.1. The molecule has 0 aromatic carbocycles. The maximum atomic E-state index is 12.3. The second kappa shape index (κ2) is 5.07. The molecule has 4 nitrogen and oxygen atoms in total. The van der Waals surface area contributed by atoms with Crippen LogP contribution in [0.2, 0.25) is 0 Å². The fraction of sp³-hybridized carbons (Fsp3) is 0.714. The number of fused-ring (bicyclic) bond motifs is 2. The van der Waals surface area contributed by atoms with E-state index in [4.69, 9.17) is 0 Å². The van der Waals surface area contributed by atoms with Gasteiger partial charge in [-0.1, -0.05) is 6.42 Å². The number of aromatic nitrogens is 2. The van der Waals surface area contributed by atoms with Gasteiger partial charge in [-0.2, -0.15) is 5.10 Å². The first kappa shape index (κ1) is 13.4. The third kappa shape index (κ3) is 2.41. The molecular formula is C14H20IN3O. The van der Waals surface area contributed by atoms with Gasteiger partial charge < -0.3 is 5.32 Å². The van der Waals surface area contributed by atoms with Crippen LogP contribution in [0.1, 0.15) is 43.1 Å². The lowest BCUT2D eigenvalue weighted by atomic mass is 9.84. The molecule has 1 N–H and O–H groups in total. The number of carbonyl (C=O) groups is 1. The van der Waals surface area contributed by atoms with Crippen LogP contribution in [0.4, 0.5) is 0 Å². The predicted octanol–water partition coefficient (Wildman–Crippen LogP) is 2.58. The van der Waals surface area contributed by atoms with Crippen molar-refractivity contribution in [3.8, 4) is 0 Å². The van der Waals surface area contributed by atoms with E-state index in [1.165, 1.54) is 25.7 Å². The van der Waals surface area contributed by atoms with Crippen molar-refractivity contribution in [3.05, 3.63) is 15.5 Å². The second-order valence-electron chi connectivity index (χ2n) is 6.07. The van der Waals surface area contributed by atoms with Crippen molar-refractivity contribution in [1.82, 2.24) is 15.1 Å². The van der Waals surface area contributed by atoms with Crippen LogP contribution in [0, 0.1) is 21.3 Å². The van der Waals surface area contributed by atoms with E-state index in [1.807, 2.05) is 7.05 Å². The summed E-state index contributed by atoms with van der Waals surface area (Å²) in [7, 11) is 1.82. The number of halogens is 1. The summed E-state index contributed by atoms with van der Waals surface area (Å²) in [5, 5.41) is 7.31. The first-order valence-corrected chi connectivity index (χ1v) is 8.12. The summed E-state index contributed by atoms with van der Waals surface area (Å²) in [4.78, 5) is 12.3. The Labute approximate surface area is 127 Å². The molecule has 19 heavy (non-hydrogen) atoms. The van der Waals surface area contributed by atoms with Crippen molar-refractivity contribution < 1.29 is 4.79 Å². The Morgan fingerprint density at radius 3 is 2.84 bits per heavy atom. The molecule has 2 aliphatic rings. The zero-order chi connectivity index (χ0) is 13.6. The molecule has 0 radical (unpaired) electrons. The molecule has 2 bridgehead atoms. The minimum Gasteiger partial charge on any atom is -0.348 e. The van der Waals surface area contributed by atoms with Gasteiger partial charge >= 0.3 is 0 Å². The standard InChI is InChI=1S/C14H20IN3O/c1-8(11-6-9-3-4-10(11)5-9)17-14(19)13-12(15)7-16-18(13)2/h7-11H,3-6H2,1-2H3,(H,17,19)/t8-,9-,10-,11-/m0/s1. The number of carbonyl (C=O) groups excluding carboxylic acids is 1. The van der Waals surface area contributed by atoms with Gasteiger partial charge in [0.1, 0.15) is 5.69 Å². The Morgan fingerprint density at radius 1 is 1.53 bits per heavy atom. The average molecular weight is 373 g/mol. The van der Waals surface area contributed by atoms with E-state index < -0.39 is 0 Å². The van der Waals surface area contributed by atoms with Crippen LogP contribution in [0.5, 0.6) is 0 Å².